The van der Waals surface area contributed by atoms with E-state index in [9.17, 15) is 30.0 Å². The van der Waals surface area contributed by atoms with Gasteiger partial charge in [0.1, 0.15) is 9.96 Å². The molecule has 2 N–H and O–H groups in total. The molecule has 0 radical (unpaired) electrons. The molecule has 0 bridgehead atoms. The topological polar surface area (TPSA) is 102 Å². The quantitative estimate of drug-likeness (QED) is 0.201. The second-order valence-electron chi connectivity index (χ2n) is 7.65. The van der Waals surface area contributed by atoms with Crippen molar-refractivity contribution >= 4 is 77.6 Å². The minimum atomic E-state index is -4.95. The van der Waals surface area contributed by atoms with Crippen LogP contribution in [-0.2, 0) is 20.0 Å². The van der Waals surface area contributed by atoms with E-state index in [4.69, 9.17) is 34.8 Å². The molecule has 1 heterocycles. The Morgan fingerprint density at radius 2 is 1.44 bits per heavy atom. The number of sulfonamides is 2. The Labute approximate surface area is 240 Å². The number of rotatable bonds is 8. The van der Waals surface area contributed by atoms with Crippen LogP contribution in [-0.4, -0.2) is 23.2 Å². The summed E-state index contributed by atoms with van der Waals surface area (Å²) in [7, 11) is -8.60. The third-order valence-corrected chi connectivity index (χ3v) is 10.2. The molecule has 0 aliphatic heterocycles. The van der Waals surface area contributed by atoms with Crippen LogP contribution in [0.4, 0.5) is 24.5 Å². The Bertz CT molecular complexity index is 1740. The van der Waals surface area contributed by atoms with Crippen LogP contribution in [0.25, 0.3) is 11.1 Å². The van der Waals surface area contributed by atoms with Gasteiger partial charge in [-0.25, -0.2) is 16.8 Å². The SMILES string of the molecule is O=S(=O)(Nc1ccc(-c2cccc(Cl)c2Cl)cc1NS(=O)(=O)c1ccc(Cl)s1)c1ccc(OC(F)(F)F)cc1. The summed E-state index contributed by atoms with van der Waals surface area (Å²) in [6, 6.07) is 15.1. The maximum atomic E-state index is 13.0. The van der Waals surface area contributed by atoms with E-state index >= 15 is 0 Å². The highest BCUT2D eigenvalue weighted by Gasteiger charge is 2.31. The predicted molar refractivity (Wildman–Crippen MR) is 146 cm³/mol. The number of hydrogen-bond acceptors (Lipinski definition) is 6. The number of alkyl halides is 3. The number of ether oxygens (including phenoxy) is 1. The Kier molecular flexibility index (Phi) is 8.31. The summed E-state index contributed by atoms with van der Waals surface area (Å²) in [5.74, 6) is -0.618. The van der Waals surface area contributed by atoms with Crippen LogP contribution >= 0.6 is 46.1 Å². The van der Waals surface area contributed by atoms with E-state index in [2.05, 4.69) is 14.2 Å². The summed E-state index contributed by atoms with van der Waals surface area (Å²) in [5, 5.41) is 0.430. The van der Waals surface area contributed by atoms with Crippen LogP contribution in [0.1, 0.15) is 0 Å². The first-order valence-electron chi connectivity index (χ1n) is 10.4. The van der Waals surface area contributed by atoms with Gasteiger partial charge in [-0.05, 0) is 60.2 Å². The van der Waals surface area contributed by atoms with Crippen molar-refractivity contribution in [2.45, 2.75) is 15.5 Å². The number of hydrogen-bond donors (Lipinski definition) is 2. The molecule has 0 unspecified atom stereocenters. The van der Waals surface area contributed by atoms with E-state index in [1.54, 1.807) is 18.2 Å². The van der Waals surface area contributed by atoms with E-state index in [1.807, 2.05) is 0 Å². The smallest absolute Gasteiger partial charge is 0.406 e. The number of halogens is 6. The molecule has 206 valence electrons. The monoisotopic (exact) mass is 656 g/mol. The third kappa shape index (κ3) is 7.10. The lowest BCUT2D eigenvalue weighted by atomic mass is 10.0. The summed E-state index contributed by atoms with van der Waals surface area (Å²) in [5.41, 5.74) is 0.492. The van der Waals surface area contributed by atoms with Crippen LogP contribution in [0.3, 0.4) is 0 Å². The first kappa shape index (κ1) is 29.3. The normalized spacial score (nSPS) is 12.3. The van der Waals surface area contributed by atoms with Gasteiger partial charge >= 0.3 is 6.36 Å². The zero-order valence-corrected chi connectivity index (χ0v) is 23.7. The van der Waals surface area contributed by atoms with Crippen LogP contribution in [0.2, 0.25) is 14.4 Å². The average Bonchev–Trinajstić information content (AvgIpc) is 3.28. The fourth-order valence-corrected chi connectivity index (χ4v) is 7.32. The van der Waals surface area contributed by atoms with Crippen LogP contribution in [0.15, 0.2) is 81.9 Å². The van der Waals surface area contributed by atoms with E-state index in [1.165, 1.54) is 30.3 Å². The fourth-order valence-electron chi connectivity index (χ4n) is 3.27. The van der Waals surface area contributed by atoms with Gasteiger partial charge in [-0.15, -0.1) is 24.5 Å². The van der Waals surface area contributed by atoms with Crippen LogP contribution in [0, 0.1) is 0 Å². The van der Waals surface area contributed by atoms with Gasteiger partial charge in [-0.3, -0.25) is 9.44 Å². The molecule has 39 heavy (non-hydrogen) atoms. The Balaban J connectivity index is 1.74. The maximum absolute atomic E-state index is 13.0. The zero-order chi connectivity index (χ0) is 28.6. The number of thiophene rings is 1. The number of nitrogens with one attached hydrogen (secondary N) is 2. The molecule has 4 rings (SSSR count). The lowest BCUT2D eigenvalue weighted by Crippen LogP contribution is -2.18. The molecule has 0 aliphatic rings. The molecule has 0 amide bonds. The van der Waals surface area contributed by atoms with Gasteiger partial charge < -0.3 is 4.74 Å². The summed E-state index contributed by atoms with van der Waals surface area (Å²) in [6.45, 7) is 0. The highest BCUT2D eigenvalue weighted by molar-refractivity contribution is 7.94. The van der Waals surface area contributed by atoms with Crippen molar-refractivity contribution in [2.24, 2.45) is 0 Å². The van der Waals surface area contributed by atoms with Crippen molar-refractivity contribution < 1.29 is 34.7 Å². The van der Waals surface area contributed by atoms with Crippen molar-refractivity contribution in [3.8, 4) is 16.9 Å². The molecule has 0 saturated carbocycles. The van der Waals surface area contributed by atoms with Gasteiger partial charge in [0.05, 0.1) is 30.7 Å². The fraction of sp³-hybridized carbons (Fsp3) is 0.0435. The van der Waals surface area contributed by atoms with Gasteiger partial charge in [0.2, 0.25) is 0 Å². The summed E-state index contributed by atoms with van der Waals surface area (Å²) in [6.07, 6.45) is -4.95. The van der Waals surface area contributed by atoms with E-state index < -0.39 is 37.1 Å². The number of anilines is 2. The van der Waals surface area contributed by atoms with Gasteiger partial charge in [0, 0.05) is 5.56 Å². The Morgan fingerprint density at radius 1 is 0.769 bits per heavy atom. The largest absolute Gasteiger partial charge is 0.573 e. The summed E-state index contributed by atoms with van der Waals surface area (Å²) >= 11 is 19.1. The molecular formula is C23H14Cl3F3N2O5S3. The van der Waals surface area contributed by atoms with Crippen molar-refractivity contribution in [1.82, 2.24) is 0 Å². The highest BCUT2D eigenvalue weighted by atomic mass is 35.5. The van der Waals surface area contributed by atoms with Crippen molar-refractivity contribution in [1.29, 1.82) is 0 Å². The highest BCUT2D eigenvalue weighted by Crippen LogP contribution is 2.38. The van der Waals surface area contributed by atoms with Gasteiger partial charge in [-0.2, -0.15) is 0 Å². The van der Waals surface area contributed by atoms with Gasteiger partial charge in [-0.1, -0.05) is 53.0 Å². The molecule has 16 heteroatoms. The van der Waals surface area contributed by atoms with Crippen molar-refractivity contribution in [3.05, 3.63) is 87.2 Å². The predicted octanol–water partition coefficient (Wildman–Crippen LogP) is 7.88. The standard InChI is InChI=1S/C23H14Cl3F3N2O5S3/c24-17-3-1-2-16(22(17)26)13-4-9-18(19(12-13)31-39(34,35)21-11-10-20(25)37-21)30-38(32,33)15-7-5-14(6-8-15)36-23(27,28)29/h1-12,30-31H. The van der Waals surface area contributed by atoms with E-state index in [0.29, 0.717) is 11.1 Å². The number of benzene rings is 3. The van der Waals surface area contributed by atoms with Gasteiger partial charge in [0.15, 0.2) is 0 Å². The van der Waals surface area contributed by atoms with E-state index in [0.717, 1.165) is 35.6 Å². The third-order valence-electron chi connectivity index (χ3n) is 4.95. The molecule has 3 aromatic carbocycles. The van der Waals surface area contributed by atoms with Crippen molar-refractivity contribution in [3.63, 3.8) is 0 Å². The first-order valence-corrected chi connectivity index (χ1v) is 15.3. The molecule has 0 spiro atoms. The molecule has 0 fully saturated rings. The Hall–Kier alpha value is -2.68. The first-order chi connectivity index (χ1) is 18.1. The minimum Gasteiger partial charge on any atom is -0.406 e. The van der Waals surface area contributed by atoms with Crippen LogP contribution in [0.5, 0.6) is 5.75 Å². The lowest BCUT2D eigenvalue weighted by Gasteiger charge is -2.16. The van der Waals surface area contributed by atoms with Crippen molar-refractivity contribution in [2.75, 3.05) is 9.44 Å². The zero-order valence-electron chi connectivity index (χ0n) is 19.0. The lowest BCUT2D eigenvalue weighted by molar-refractivity contribution is -0.274. The molecule has 7 nitrogen and oxygen atoms in total. The molecule has 4 aromatic rings. The molecule has 1 aromatic heterocycles. The summed E-state index contributed by atoms with van der Waals surface area (Å²) in [4.78, 5) is -0.405. The maximum Gasteiger partial charge on any atom is 0.573 e. The van der Waals surface area contributed by atoms with Gasteiger partial charge in [0.25, 0.3) is 20.0 Å². The molecule has 0 atom stereocenters. The second kappa shape index (κ2) is 11.1. The summed E-state index contributed by atoms with van der Waals surface area (Å²) < 4.78 is 97.9. The average molecular weight is 658 g/mol. The molecule has 0 aliphatic carbocycles. The molecule has 0 saturated heterocycles. The minimum absolute atomic E-state index is 0.132. The Morgan fingerprint density at radius 3 is 2.05 bits per heavy atom. The van der Waals surface area contributed by atoms with Crippen LogP contribution < -0.4 is 14.2 Å². The molecular weight excluding hydrogens is 644 g/mol. The second-order valence-corrected chi connectivity index (χ2v) is 13.7. The van der Waals surface area contributed by atoms with E-state index in [-0.39, 0.29) is 30.0 Å².